The van der Waals surface area contributed by atoms with Gasteiger partial charge >= 0.3 is 0 Å². The number of hydrogen-bond donors (Lipinski definition) is 0. The van der Waals surface area contributed by atoms with Crippen LogP contribution in [0.2, 0.25) is 0 Å². The van der Waals surface area contributed by atoms with Gasteiger partial charge in [0.25, 0.3) is 0 Å². The highest BCUT2D eigenvalue weighted by Gasteiger charge is 2.06. The first-order valence-electron chi connectivity index (χ1n) is 8.30. The Morgan fingerprint density at radius 2 is 0.958 bits per heavy atom. The Hall–Kier alpha value is -2.36. The summed E-state index contributed by atoms with van der Waals surface area (Å²) >= 11 is 0. The second kappa shape index (κ2) is 9.06. The van der Waals surface area contributed by atoms with E-state index in [1.807, 2.05) is 38.1 Å². The van der Waals surface area contributed by atoms with Crippen LogP contribution in [0, 0.1) is 0 Å². The summed E-state index contributed by atoms with van der Waals surface area (Å²) in [4.78, 5) is 0. The average Bonchev–Trinajstić information content (AvgIpc) is 2.60. The molecule has 2 aromatic carbocycles. The minimum atomic E-state index is 0.641. The van der Waals surface area contributed by atoms with Gasteiger partial charge in [-0.3, -0.25) is 0 Å². The van der Waals surface area contributed by atoms with Crippen LogP contribution in [0.15, 0.2) is 36.4 Å². The third kappa shape index (κ3) is 5.08. The normalized spacial score (nSPS) is 10.3. The minimum absolute atomic E-state index is 0.641. The summed E-state index contributed by atoms with van der Waals surface area (Å²) in [5.74, 6) is 3.31. The van der Waals surface area contributed by atoms with Crippen molar-refractivity contribution in [2.24, 2.45) is 0 Å². The van der Waals surface area contributed by atoms with Crippen LogP contribution < -0.4 is 18.9 Å². The van der Waals surface area contributed by atoms with Crippen molar-refractivity contribution in [2.75, 3.05) is 27.4 Å². The molecular weight excluding hydrogens is 304 g/mol. The number of methoxy groups -OCH3 is 2. The molecule has 0 saturated carbocycles. The highest BCUT2D eigenvalue weighted by molar-refractivity contribution is 5.41. The topological polar surface area (TPSA) is 36.9 Å². The molecule has 0 unspecified atom stereocenters. The lowest BCUT2D eigenvalue weighted by molar-refractivity contribution is 0.322. The summed E-state index contributed by atoms with van der Waals surface area (Å²) in [5.41, 5.74) is 2.36. The van der Waals surface area contributed by atoms with E-state index in [0.29, 0.717) is 13.2 Å². The molecule has 130 valence electrons. The number of rotatable bonds is 9. The molecule has 4 nitrogen and oxygen atoms in total. The summed E-state index contributed by atoms with van der Waals surface area (Å²) in [6.07, 6.45) is 1.77. The van der Waals surface area contributed by atoms with Crippen molar-refractivity contribution in [3.05, 3.63) is 47.5 Å². The van der Waals surface area contributed by atoms with E-state index in [1.165, 1.54) is 11.1 Å². The van der Waals surface area contributed by atoms with Gasteiger partial charge in [-0.1, -0.05) is 0 Å². The lowest BCUT2D eigenvalue weighted by Crippen LogP contribution is -1.99. The molecule has 2 aromatic rings. The molecule has 0 N–H and O–H groups in total. The molecule has 0 atom stereocenters. The van der Waals surface area contributed by atoms with Crippen LogP contribution in [-0.2, 0) is 12.8 Å². The molecule has 2 rings (SSSR count). The zero-order valence-corrected chi connectivity index (χ0v) is 14.9. The van der Waals surface area contributed by atoms with E-state index in [0.717, 1.165) is 35.8 Å². The molecule has 0 aliphatic heterocycles. The lowest BCUT2D eigenvalue weighted by atomic mass is 10.0. The Morgan fingerprint density at radius 1 is 0.583 bits per heavy atom. The van der Waals surface area contributed by atoms with Crippen LogP contribution in [-0.4, -0.2) is 27.4 Å². The van der Waals surface area contributed by atoms with Gasteiger partial charge in [0.05, 0.1) is 27.4 Å². The maximum absolute atomic E-state index is 5.64. The standard InChI is InChI=1S/C20H26O4/c1-5-23-19-11-16(12-20(14-19)24-6-2)8-7-15-9-17(21-3)13-18(10-15)22-4/h9-14H,5-8H2,1-4H3. The average molecular weight is 330 g/mol. The Kier molecular flexibility index (Phi) is 6.79. The van der Waals surface area contributed by atoms with Gasteiger partial charge in [-0.05, 0) is 62.1 Å². The molecule has 0 radical (unpaired) electrons. The van der Waals surface area contributed by atoms with Crippen molar-refractivity contribution in [3.8, 4) is 23.0 Å². The Balaban J connectivity index is 2.15. The van der Waals surface area contributed by atoms with Crippen molar-refractivity contribution < 1.29 is 18.9 Å². The predicted octanol–water partition coefficient (Wildman–Crippen LogP) is 4.29. The van der Waals surface area contributed by atoms with E-state index in [9.17, 15) is 0 Å². The maximum Gasteiger partial charge on any atom is 0.123 e. The van der Waals surface area contributed by atoms with E-state index in [4.69, 9.17) is 18.9 Å². The highest BCUT2D eigenvalue weighted by atomic mass is 16.5. The second-order valence-corrected chi connectivity index (χ2v) is 5.40. The first-order chi connectivity index (χ1) is 11.7. The van der Waals surface area contributed by atoms with Crippen LogP contribution in [0.5, 0.6) is 23.0 Å². The maximum atomic E-state index is 5.64. The van der Waals surface area contributed by atoms with Gasteiger partial charge in [-0.2, -0.15) is 0 Å². The lowest BCUT2D eigenvalue weighted by Gasteiger charge is -2.12. The predicted molar refractivity (Wildman–Crippen MR) is 95.7 cm³/mol. The fourth-order valence-corrected chi connectivity index (χ4v) is 2.57. The molecule has 0 aliphatic carbocycles. The van der Waals surface area contributed by atoms with Crippen molar-refractivity contribution >= 4 is 0 Å². The summed E-state index contributed by atoms with van der Waals surface area (Å²) in [6, 6.07) is 12.0. The van der Waals surface area contributed by atoms with Crippen LogP contribution in [0.4, 0.5) is 0 Å². The van der Waals surface area contributed by atoms with Gasteiger partial charge in [0.15, 0.2) is 0 Å². The zero-order valence-electron chi connectivity index (χ0n) is 14.9. The summed E-state index contributed by atoms with van der Waals surface area (Å²) in [5, 5.41) is 0. The van der Waals surface area contributed by atoms with Gasteiger partial charge < -0.3 is 18.9 Å². The van der Waals surface area contributed by atoms with Gasteiger partial charge in [0.1, 0.15) is 23.0 Å². The van der Waals surface area contributed by atoms with Crippen LogP contribution in [0.25, 0.3) is 0 Å². The molecule has 0 spiro atoms. The summed E-state index contributed by atoms with van der Waals surface area (Å²) < 4.78 is 21.9. The molecule has 4 heteroatoms. The molecule has 0 saturated heterocycles. The molecule has 0 aromatic heterocycles. The van der Waals surface area contributed by atoms with Crippen molar-refractivity contribution in [2.45, 2.75) is 26.7 Å². The Labute approximate surface area is 144 Å². The molecular formula is C20H26O4. The van der Waals surface area contributed by atoms with E-state index in [2.05, 4.69) is 12.1 Å². The van der Waals surface area contributed by atoms with E-state index in [-0.39, 0.29) is 0 Å². The van der Waals surface area contributed by atoms with Gasteiger partial charge in [-0.25, -0.2) is 0 Å². The van der Waals surface area contributed by atoms with Crippen molar-refractivity contribution in [1.29, 1.82) is 0 Å². The number of ether oxygens (including phenoxy) is 4. The van der Waals surface area contributed by atoms with E-state index >= 15 is 0 Å². The van der Waals surface area contributed by atoms with Crippen molar-refractivity contribution in [3.63, 3.8) is 0 Å². The SMILES string of the molecule is CCOc1cc(CCc2cc(OC)cc(OC)c2)cc(OCC)c1. The molecule has 24 heavy (non-hydrogen) atoms. The summed E-state index contributed by atoms with van der Waals surface area (Å²) in [7, 11) is 3.33. The molecule has 0 heterocycles. The Morgan fingerprint density at radius 3 is 1.33 bits per heavy atom. The fourth-order valence-electron chi connectivity index (χ4n) is 2.57. The number of aryl methyl sites for hydroxylation is 2. The third-order valence-corrected chi connectivity index (χ3v) is 3.68. The van der Waals surface area contributed by atoms with Crippen LogP contribution in [0.1, 0.15) is 25.0 Å². The molecule has 0 aliphatic rings. The first kappa shape index (κ1) is 18.0. The number of benzene rings is 2. The largest absolute Gasteiger partial charge is 0.497 e. The third-order valence-electron chi connectivity index (χ3n) is 3.68. The van der Waals surface area contributed by atoms with E-state index < -0.39 is 0 Å². The minimum Gasteiger partial charge on any atom is -0.497 e. The summed E-state index contributed by atoms with van der Waals surface area (Å²) in [6.45, 7) is 5.25. The zero-order chi connectivity index (χ0) is 17.4. The fraction of sp³-hybridized carbons (Fsp3) is 0.400. The molecule has 0 fully saturated rings. The highest BCUT2D eigenvalue weighted by Crippen LogP contribution is 2.26. The quantitative estimate of drug-likeness (QED) is 0.687. The van der Waals surface area contributed by atoms with Crippen LogP contribution >= 0.6 is 0 Å². The molecule has 0 bridgehead atoms. The number of hydrogen-bond acceptors (Lipinski definition) is 4. The molecule has 0 amide bonds. The van der Waals surface area contributed by atoms with Gasteiger partial charge in [0.2, 0.25) is 0 Å². The van der Waals surface area contributed by atoms with Gasteiger partial charge in [0, 0.05) is 12.1 Å². The monoisotopic (exact) mass is 330 g/mol. The van der Waals surface area contributed by atoms with Gasteiger partial charge in [-0.15, -0.1) is 0 Å². The van der Waals surface area contributed by atoms with E-state index in [1.54, 1.807) is 14.2 Å². The first-order valence-corrected chi connectivity index (χ1v) is 8.30. The smallest absolute Gasteiger partial charge is 0.123 e. The second-order valence-electron chi connectivity index (χ2n) is 5.40. The van der Waals surface area contributed by atoms with Crippen molar-refractivity contribution in [1.82, 2.24) is 0 Å². The van der Waals surface area contributed by atoms with Crippen LogP contribution in [0.3, 0.4) is 0 Å². The Bertz CT molecular complexity index is 606.